The van der Waals surface area contributed by atoms with Crippen LogP contribution >= 0.6 is 0 Å². The van der Waals surface area contributed by atoms with Crippen LogP contribution in [0.1, 0.15) is 0 Å². The van der Waals surface area contributed by atoms with Crippen molar-refractivity contribution in [2.75, 3.05) is 0 Å². The highest BCUT2D eigenvalue weighted by molar-refractivity contribution is 6.31. The summed E-state index contributed by atoms with van der Waals surface area (Å²) in [5.41, 5.74) is 6.41. The molecule has 0 amide bonds. The minimum atomic E-state index is 1.25. The maximum atomic E-state index is 2.53. The van der Waals surface area contributed by atoms with Gasteiger partial charge >= 0.3 is 0 Å². The quantitative estimate of drug-likeness (QED) is 0.212. The number of para-hydroxylation sites is 2. The topological polar surface area (TPSA) is 4.41 Å². The van der Waals surface area contributed by atoms with Crippen LogP contribution < -0.4 is 0 Å². The molecule has 170 valence electrons. The Morgan fingerprint density at radius 2 is 0.811 bits per heavy atom. The van der Waals surface area contributed by atoms with Gasteiger partial charge in [-0.15, -0.1) is 0 Å². The first-order valence-corrected chi connectivity index (χ1v) is 12.9. The standard InChI is InChI=1S/C36H21N/c1-2-10-22(11-3-1)23-16-8-17-28-29-18-9-19-30-33-20-31-26-14-6-4-12-24(26)25-13-5-7-15-27(25)32(31)21-34(33)37(35(23)28)36(29)30/h1-21H. The first-order chi connectivity index (χ1) is 18.4. The Labute approximate surface area is 213 Å². The Kier molecular flexibility index (Phi) is 3.59. The summed E-state index contributed by atoms with van der Waals surface area (Å²) in [4.78, 5) is 0. The first-order valence-electron chi connectivity index (χ1n) is 12.9. The van der Waals surface area contributed by atoms with Crippen LogP contribution in [0.15, 0.2) is 127 Å². The van der Waals surface area contributed by atoms with E-state index in [1.54, 1.807) is 0 Å². The van der Waals surface area contributed by atoms with Gasteiger partial charge in [0.2, 0.25) is 0 Å². The van der Waals surface area contributed by atoms with Crippen LogP contribution in [0.3, 0.4) is 0 Å². The first kappa shape index (κ1) is 19.3. The smallest absolute Gasteiger partial charge is 0.0620 e. The summed E-state index contributed by atoms with van der Waals surface area (Å²) in [6.07, 6.45) is 0. The van der Waals surface area contributed by atoms with Crippen LogP contribution in [0.2, 0.25) is 0 Å². The van der Waals surface area contributed by atoms with Gasteiger partial charge in [0.1, 0.15) is 0 Å². The average molecular weight is 468 g/mol. The Morgan fingerprint density at radius 1 is 0.324 bits per heavy atom. The largest absolute Gasteiger partial charge is 0.307 e. The number of hydrogen-bond acceptors (Lipinski definition) is 0. The molecule has 0 N–H and O–H groups in total. The van der Waals surface area contributed by atoms with Crippen molar-refractivity contribution in [3.05, 3.63) is 127 Å². The second-order valence-corrected chi connectivity index (χ2v) is 10.1. The van der Waals surface area contributed by atoms with Crippen molar-refractivity contribution >= 4 is 70.4 Å². The minimum absolute atomic E-state index is 1.25. The van der Waals surface area contributed by atoms with Gasteiger partial charge in [0, 0.05) is 27.1 Å². The lowest BCUT2D eigenvalue weighted by atomic mass is 9.93. The molecule has 0 aliphatic rings. The van der Waals surface area contributed by atoms with E-state index in [2.05, 4.69) is 132 Å². The number of nitrogens with zero attached hydrogens (tertiary/aromatic N) is 1. The minimum Gasteiger partial charge on any atom is -0.307 e. The fraction of sp³-hybridized carbons (Fsp3) is 0. The molecule has 0 unspecified atom stereocenters. The zero-order chi connectivity index (χ0) is 24.1. The summed E-state index contributed by atoms with van der Waals surface area (Å²) >= 11 is 0. The van der Waals surface area contributed by atoms with Gasteiger partial charge < -0.3 is 4.40 Å². The van der Waals surface area contributed by atoms with Gasteiger partial charge in [0.15, 0.2) is 0 Å². The maximum Gasteiger partial charge on any atom is 0.0620 e. The van der Waals surface area contributed by atoms with Crippen LogP contribution in [0.5, 0.6) is 0 Å². The fourth-order valence-electron chi connectivity index (χ4n) is 6.76. The van der Waals surface area contributed by atoms with Gasteiger partial charge in [-0.05, 0) is 50.0 Å². The zero-order valence-corrected chi connectivity index (χ0v) is 20.1. The number of fused-ring (bicyclic) bond motifs is 12. The summed E-state index contributed by atoms with van der Waals surface area (Å²) in [5.74, 6) is 0. The van der Waals surface area contributed by atoms with Crippen LogP contribution in [0.4, 0.5) is 0 Å². The van der Waals surface area contributed by atoms with Crippen molar-refractivity contribution in [1.82, 2.24) is 4.40 Å². The predicted molar refractivity (Wildman–Crippen MR) is 159 cm³/mol. The predicted octanol–water partition coefficient (Wildman–Crippen LogP) is 9.96. The van der Waals surface area contributed by atoms with E-state index in [0.717, 1.165) is 0 Å². The molecule has 2 heterocycles. The van der Waals surface area contributed by atoms with Crippen LogP contribution in [-0.4, -0.2) is 4.40 Å². The molecule has 2 aromatic heterocycles. The molecule has 0 radical (unpaired) electrons. The molecule has 9 rings (SSSR count). The van der Waals surface area contributed by atoms with E-state index in [4.69, 9.17) is 0 Å². The van der Waals surface area contributed by atoms with Gasteiger partial charge in [-0.1, -0.05) is 115 Å². The third kappa shape index (κ3) is 2.39. The molecular formula is C36H21N. The Morgan fingerprint density at radius 3 is 1.49 bits per heavy atom. The number of hydrogen-bond donors (Lipinski definition) is 0. The van der Waals surface area contributed by atoms with Crippen LogP contribution in [-0.2, 0) is 0 Å². The van der Waals surface area contributed by atoms with Crippen molar-refractivity contribution in [1.29, 1.82) is 0 Å². The van der Waals surface area contributed by atoms with Gasteiger partial charge in [0.25, 0.3) is 0 Å². The summed E-state index contributed by atoms with van der Waals surface area (Å²) in [7, 11) is 0. The highest BCUT2D eigenvalue weighted by Gasteiger charge is 2.21. The third-order valence-electron chi connectivity index (χ3n) is 8.29. The lowest BCUT2D eigenvalue weighted by molar-refractivity contribution is 1.37. The second kappa shape index (κ2) is 6.87. The van der Waals surface area contributed by atoms with Gasteiger partial charge in [-0.25, -0.2) is 0 Å². The average Bonchev–Trinajstić information content (AvgIpc) is 3.49. The Hall–Kier alpha value is -4.88. The molecular weight excluding hydrogens is 446 g/mol. The maximum absolute atomic E-state index is 2.53. The van der Waals surface area contributed by atoms with Crippen molar-refractivity contribution in [3.8, 4) is 11.1 Å². The van der Waals surface area contributed by atoms with Gasteiger partial charge in [-0.3, -0.25) is 0 Å². The van der Waals surface area contributed by atoms with Gasteiger partial charge in [0.05, 0.1) is 16.6 Å². The van der Waals surface area contributed by atoms with E-state index >= 15 is 0 Å². The van der Waals surface area contributed by atoms with E-state index in [1.807, 2.05) is 0 Å². The summed E-state index contributed by atoms with van der Waals surface area (Å²) in [6.45, 7) is 0. The van der Waals surface area contributed by atoms with Crippen molar-refractivity contribution in [2.45, 2.75) is 0 Å². The normalized spacial score (nSPS) is 12.3. The van der Waals surface area contributed by atoms with Crippen molar-refractivity contribution < 1.29 is 0 Å². The lowest BCUT2D eigenvalue weighted by Gasteiger charge is -2.11. The highest BCUT2D eigenvalue weighted by atomic mass is 14.9. The monoisotopic (exact) mass is 467 g/mol. The molecule has 0 bridgehead atoms. The highest BCUT2D eigenvalue weighted by Crippen LogP contribution is 2.45. The second-order valence-electron chi connectivity index (χ2n) is 10.1. The molecule has 0 aliphatic carbocycles. The Bertz CT molecular complexity index is 2340. The molecule has 0 aliphatic heterocycles. The lowest BCUT2D eigenvalue weighted by Crippen LogP contribution is -1.87. The fourth-order valence-corrected chi connectivity index (χ4v) is 6.76. The summed E-state index contributed by atoms with van der Waals surface area (Å²) in [6, 6.07) is 46.9. The SMILES string of the molecule is c1ccc(-c2cccc3c4cccc5c6cc7c8ccccc8c8ccccc8c7cc6n(c23)c54)cc1. The van der Waals surface area contributed by atoms with E-state index in [9.17, 15) is 0 Å². The van der Waals surface area contributed by atoms with E-state index < -0.39 is 0 Å². The summed E-state index contributed by atoms with van der Waals surface area (Å²) in [5, 5.41) is 13.2. The summed E-state index contributed by atoms with van der Waals surface area (Å²) < 4.78 is 2.53. The molecule has 1 heteroatoms. The molecule has 1 nitrogen and oxygen atoms in total. The van der Waals surface area contributed by atoms with E-state index in [0.29, 0.717) is 0 Å². The number of rotatable bonds is 1. The number of aromatic nitrogens is 1. The van der Waals surface area contributed by atoms with Crippen LogP contribution in [0, 0.1) is 0 Å². The zero-order valence-electron chi connectivity index (χ0n) is 20.1. The molecule has 7 aromatic carbocycles. The van der Waals surface area contributed by atoms with Crippen LogP contribution in [0.25, 0.3) is 81.5 Å². The molecule has 0 atom stereocenters. The van der Waals surface area contributed by atoms with E-state index in [1.165, 1.54) is 81.5 Å². The molecule has 0 saturated carbocycles. The number of benzene rings is 7. The van der Waals surface area contributed by atoms with E-state index in [-0.39, 0.29) is 0 Å². The van der Waals surface area contributed by atoms with Crippen molar-refractivity contribution in [3.63, 3.8) is 0 Å². The molecule has 0 saturated heterocycles. The molecule has 0 fully saturated rings. The molecule has 37 heavy (non-hydrogen) atoms. The third-order valence-corrected chi connectivity index (χ3v) is 8.29. The van der Waals surface area contributed by atoms with Gasteiger partial charge in [-0.2, -0.15) is 0 Å². The Balaban J connectivity index is 1.58. The van der Waals surface area contributed by atoms with Crippen molar-refractivity contribution in [2.24, 2.45) is 0 Å². The molecule has 0 spiro atoms. The molecule has 9 aromatic rings.